The zero-order valence-electron chi connectivity index (χ0n) is 10.8. The third-order valence-corrected chi connectivity index (χ3v) is 2.36. The molecular weight excluding hydrogens is 248 g/mol. The first-order chi connectivity index (χ1) is 9.20. The summed E-state index contributed by atoms with van der Waals surface area (Å²) in [5.41, 5.74) is 0.906. The maximum absolute atomic E-state index is 11.7. The third-order valence-electron chi connectivity index (χ3n) is 2.36. The minimum atomic E-state index is -0.543. The molecule has 0 aromatic carbocycles. The van der Waals surface area contributed by atoms with Crippen molar-refractivity contribution in [1.29, 1.82) is 0 Å². The van der Waals surface area contributed by atoms with E-state index in [-0.39, 0.29) is 12.3 Å². The molecule has 0 saturated carbocycles. The second-order valence-electron chi connectivity index (χ2n) is 3.94. The highest BCUT2D eigenvalue weighted by molar-refractivity contribution is 5.86. The van der Waals surface area contributed by atoms with Crippen molar-refractivity contribution < 1.29 is 9.53 Å². The van der Waals surface area contributed by atoms with Gasteiger partial charge < -0.3 is 4.74 Å². The van der Waals surface area contributed by atoms with Gasteiger partial charge in [0.2, 0.25) is 0 Å². The Balaban J connectivity index is 1.96. The van der Waals surface area contributed by atoms with Crippen LogP contribution in [0.25, 0.3) is 0 Å². The van der Waals surface area contributed by atoms with Crippen molar-refractivity contribution in [1.82, 2.24) is 30.2 Å². The van der Waals surface area contributed by atoms with Gasteiger partial charge in [0, 0.05) is 12.7 Å². The molecule has 0 fully saturated rings. The normalized spacial score (nSPS) is 10.4. The van der Waals surface area contributed by atoms with Crippen LogP contribution in [0.15, 0.2) is 12.4 Å². The van der Waals surface area contributed by atoms with Crippen molar-refractivity contribution in [3.05, 3.63) is 29.6 Å². The second-order valence-corrected chi connectivity index (χ2v) is 3.94. The molecule has 2 heterocycles. The Kier molecular flexibility index (Phi) is 4.11. The lowest BCUT2D eigenvalue weighted by molar-refractivity contribution is 0.0449. The van der Waals surface area contributed by atoms with Crippen molar-refractivity contribution in [2.75, 3.05) is 0 Å². The maximum Gasteiger partial charge on any atom is 0.358 e. The van der Waals surface area contributed by atoms with Crippen molar-refractivity contribution in [2.45, 2.75) is 33.4 Å². The van der Waals surface area contributed by atoms with Gasteiger partial charge in [-0.3, -0.25) is 4.98 Å². The molecule has 0 radical (unpaired) electrons. The van der Waals surface area contributed by atoms with Crippen molar-refractivity contribution in [3.63, 3.8) is 0 Å². The van der Waals surface area contributed by atoms with Gasteiger partial charge in [-0.2, -0.15) is 0 Å². The minimum Gasteiger partial charge on any atom is -0.453 e. The van der Waals surface area contributed by atoms with E-state index in [1.165, 1.54) is 12.4 Å². The Morgan fingerprint density at radius 2 is 2.21 bits per heavy atom. The molecule has 0 bridgehead atoms. The molecule has 0 unspecified atom stereocenters. The van der Waals surface area contributed by atoms with Crippen LogP contribution in [0.2, 0.25) is 0 Å². The Bertz CT molecular complexity index is 551. The summed E-state index contributed by atoms with van der Waals surface area (Å²) in [7, 11) is 0. The van der Waals surface area contributed by atoms with Crippen molar-refractivity contribution in [2.24, 2.45) is 0 Å². The summed E-state index contributed by atoms with van der Waals surface area (Å²) in [6.07, 6.45) is 3.79. The zero-order chi connectivity index (χ0) is 13.7. The highest BCUT2D eigenvalue weighted by Gasteiger charge is 2.12. The predicted octanol–water partition coefficient (Wildman–Crippen LogP) is 0.539. The summed E-state index contributed by atoms with van der Waals surface area (Å²) < 4.78 is 6.70. The fraction of sp³-hybridized carbons (Fsp3) is 0.455. The third kappa shape index (κ3) is 3.30. The molecule has 2 rings (SSSR count). The van der Waals surface area contributed by atoms with Crippen LogP contribution in [0.3, 0.4) is 0 Å². The number of esters is 1. The first kappa shape index (κ1) is 13.1. The van der Waals surface area contributed by atoms with E-state index < -0.39 is 5.97 Å². The summed E-state index contributed by atoms with van der Waals surface area (Å²) in [6.45, 7) is 4.51. The average molecular weight is 262 g/mol. The van der Waals surface area contributed by atoms with E-state index in [9.17, 15) is 4.79 Å². The molecule has 0 spiro atoms. The Morgan fingerprint density at radius 3 is 2.89 bits per heavy atom. The Labute approximate surface area is 109 Å². The van der Waals surface area contributed by atoms with Crippen LogP contribution in [0, 0.1) is 6.92 Å². The van der Waals surface area contributed by atoms with Gasteiger partial charge in [-0.25, -0.2) is 14.5 Å². The van der Waals surface area contributed by atoms with Crippen LogP contribution in [0.4, 0.5) is 0 Å². The Hall–Kier alpha value is -2.38. The van der Waals surface area contributed by atoms with E-state index in [4.69, 9.17) is 4.74 Å². The largest absolute Gasteiger partial charge is 0.453 e. The molecular formula is C11H14N6O2. The molecule has 0 N–H and O–H groups in total. The van der Waals surface area contributed by atoms with Gasteiger partial charge in [0.1, 0.15) is 0 Å². The SMILES string of the molecule is CCCn1nnnc1COC(=O)c1cnc(C)cn1. The van der Waals surface area contributed by atoms with Crippen molar-refractivity contribution in [3.8, 4) is 0 Å². The Morgan fingerprint density at radius 1 is 1.37 bits per heavy atom. The molecule has 0 atom stereocenters. The molecule has 0 saturated heterocycles. The molecule has 0 aliphatic carbocycles. The number of ether oxygens (including phenoxy) is 1. The molecule has 2 aromatic rings. The smallest absolute Gasteiger partial charge is 0.358 e. The van der Waals surface area contributed by atoms with Crippen LogP contribution in [0.5, 0.6) is 0 Å². The molecule has 0 amide bonds. The van der Waals surface area contributed by atoms with E-state index in [1.54, 1.807) is 11.6 Å². The van der Waals surface area contributed by atoms with Gasteiger partial charge >= 0.3 is 5.97 Å². The fourth-order valence-corrected chi connectivity index (χ4v) is 1.41. The van der Waals surface area contributed by atoms with Crippen LogP contribution >= 0.6 is 0 Å². The number of carbonyl (C=O) groups excluding carboxylic acids is 1. The summed E-state index contributed by atoms with van der Waals surface area (Å²) in [4.78, 5) is 19.6. The van der Waals surface area contributed by atoms with Crippen LogP contribution in [0.1, 0.15) is 35.4 Å². The summed E-state index contributed by atoms with van der Waals surface area (Å²) in [5.74, 6) is -0.0335. The monoisotopic (exact) mass is 262 g/mol. The number of carbonyl (C=O) groups is 1. The average Bonchev–Trinajstić information content (AvgIpc) is 2.85. The number of hydrogen-bond acceptors (Lipinski definition) is 7. The fourth-order valence-electron chi connectivity index (χ4n) is 1.41. The van der Waals surface area contributed by atoms with Gasteiger partial charge in [-0.1, -0.05) is 6.92 Å². The lowest BCUT2D eigenvalue weighted by atomic mass is 10.4. The highest BCUT2D eigenvalue weighted by Crippen LogP contribution is 2.02. The lowest BCUT2D eigenvalue weighted by Crippen LogP contribution is -2.12. The topological polar surface area (TPSA) is 95.7 Å². The number of tetrazole rings is 1. The standard InChI is InChI=1S/C11H14N6O2/c1-3-4-17-10(14-15-16-17)7-19-11(18)9-6-12-8(2)5-13-9/h5-6H,3-4,7H2,1-2H3. The van der Waals surface area contributed by atoms with Crippen LogP contribution in [-0.2, 0) is 17.9 Å². The molecule has 100 valence electrons. The number of rotatable bonds is 5. The van der Waals surface area contributed by atoms with Gasteiger partial charge in [0.25, 0.3) is 0 Å². The van der Waals surface area contributed by atoms with Crippen molar-refractivity contribution >= 4 is 5.97 Å². The van der Waals surface area contributed by atoms with E-state index >= 15 is 0 Å². The van der Waals surface area contributed by atoms with E-state index in [0.717, 1.165) is 12.1 Å². The first-order valence-electron chi connectivity index (χ1n) is 5.91. The second kappa shape index (κ2) is 5.98. The molecule has 8 heteroatoms. The van der Waals surface area contributed by atoms with Gasteiger partial charge in [-0.05, 0) is 23.8 Å². The highest BCUT2D eigenvalue weighted by atomic mass is 16.5. The van der Waals surface area contributed by atoms with Gasteiger partial charge in [0.15, 0.2) is 18.1 Å². The predicted molar refractivity (Wildman–Crippen MR) is 64.0 cm³/mol. The summed E-state index contributed by atoms with van der Waals surface area (Å²) >= 11 is 0. The first-order valence-corrected chi connectivity index (χ1v) is 5.91. The molecule has 8 nitrogen and oxygen atoms in total. The molecule has 0 aliphatic rings. The number of aromatic nitrogens is 6. The lowest BCUT2D eigenvalue weighted by Gasteiger charge is -2.04. The van der Waals surface area contributed by atoms with Crippen LogP contribution < -0.4 is 0 Å². The summed E-state index contributed by atoms with van der Waals surface area (Å²) in [5, 5.41) is 11.2. The molecule has 2 aromatic heterocycles. The number of nitrogens with zero attached hydrogens (tertiary/aromatic N) is 6. The van der Waals surface area contributed by atoms with E-state index in [1.807, 2.05) is 6.92 Å². The van der Waals surface area contributed by atoms with Crippen LogP contribution in [-0.4, -0.2) is 36.1 Å². The zero-order valence-corrected chi connectivity index (χ0v) is 10.8. The number of aryl methyl sites for hydroxylation is 2. The minimum absolute atomic E-state index is 0.0153. The molecule has 19 heavy (non-hydrogen) atoms. The van der Waals surface area contributed by atoms with E-state index in [2.05, 4.69) is 25.5 Å². The van der Waals surface area contributed by atoms with Gasteiger partial charge in [-0.15, -0.1) is 5.10 Å². The maximum atomic E-state index is 11.7. The number of hydrogen-bond donors (Lipinski definition) is 0. The quantitative estimate of drug-likeness (QED) is 0.725. The molecule has 0 aliphatic heterocycles. The summed E-state index contributed by atoms with van der Waals surface area (Å²) in [6, 6.07) is 0. The van der Waals surface area contributed by atoms with Gasteiger partial charge in [0.05, 0.1) is 11.9 Å². The van der Waals surface area contributed by atoms with E-state index in [0.29, 0.717) is 12.4 Å².